The van der Waals surface area contributed by atoms with E-state index in [1.54, 1.807) is 7.05 Å². The Bertz CT molecular complexity index is 185. The highest BCUT2D eigenvalue weighted by atomic mass is 16.5. The molecule has 0 aromatic carbocycles. The second-order valence-electron chi connectivity index (χ2n) is 3.70. The monoisotopic (exact) mass is 200 g/mol. The van der Waals surface area contributed by atoms with Crippen LogP contribution in [0.1, 0.15) is 26.2 Å². The van der Waals surface area contributed by atoms with Crippen molar-refractivity contribution in [3.05, 3.63) is 0 Å². The summed E-state index contributed by atoms with van der Waals surface area (Å²) in [5.41, 5.74) is 0. The molecule has 1 aliphatic heterocycles. The highest BCUT2D eigenvalue weighted by Crippen LogP contribution is 2.12. The minimum atomic E-state index is 0.113. The van der Waals surface area contributed by atoms with Crippen LogP contribution in [0.25, 0.3) is 0 Å². The van der Waals surface area contributed by atoms with Crippen molar-refractivity contribution >= 4 is 5.91 Å². The molecule has 1 fully saturated rings. The number of carbonyl (C=O) groups excluding carboxylic acids is 1. The van der Waals surface area contributed by atoms with E-state index in [0.29, 0.717) is 18.6 Å². The van der Waals surface area contributed by atoms with E-state index in [4.69, 9.17) is 4.74 Å². The van der Waals surface area contributed by atoms with Crippen LogP contribution >= 0.6 is 0 Å². The molecule has 2 unspecified atom stereocenters. The van der Waals surface area contributed by atoms with Gasteiger partial charge in [0.05, 0.1) is 6.10 Å². The summed E-state index contributed by atoms with van der Waals surface area (Å²) < 4.78 is 5.42. The first-order chi connectivity index (χ1) is 6.74. The fourth-order valence-electron chi connectivity index (χ4n) is 1.66. The van der Waals surface area contributed by atoms with Gasteiger partial charge in [0.15, 0.2) is 0 Å². The first kappa shape index (κ1) is 11.5. The lowest BCUT2D eigenvalue weighted by Crippen LogP contribution is -2.35. The lowest BCUT2D eigenvalue weighted by molar-refractivity contribution is -0.120. The summed E-state index contributed by atoms with van der Waals surface area (Å²) in [5, 5.41) is 6.02. The van der Waals surface area contributed by atoms with Gasteiger partial charge in [-0.1, -0.05) is 0 Å². The molecule has 0 bridgehead atoms. The summed E-state index contributed by atoms with van der Waals surface area (Å²) in [4.78, 5) is 10.9. The second kappa shape index (κ2) is 5.98. The Balaban J connectivity index is 2.01. The smallest absolute Gasteiger partial charge is 0.219 e. The molecule has 1 rings (SSSR count). The molecule has 0 saturated carbocycles. The maximum Gasteiger partial charge on any atom is 0.219 e. The zero-order valence-corrected chi connectivity index (χ0v) is 9.01. The number of ether oxygens (including phenoxy) is 1. The van der Waals surface area contributed by atoms with Gasteiger partial charge < -0.3 is 15.4 Å². The van der Waals surface area contributed by atoms with Crippen LogP contribution in [0.5, 0.6) is 0 Å². The van der Waals surface area contributed by atoms with E-state index >= 15 is 0 Å². The Morgan fingerprint density at radius 2 is 2.36 bits per heavy atom. The van der Waals surface area contributed by atoms with Crippen molar-refractivity contribution in [2.45, 2.75) is 38.3 Å². The summed E-state index contributed by atoms with van der Waals surface area (Å²) in [6, 6.07) is 0.472. The van der Waals surface area contributed by atoms with Crippen LogP contribution in [0.2, 0.25) is 0 Å². The number of carbonyl (C=O) groups is 1. The maximum atomic E-state index is 10.9. The topological polar surface area (TPSA) is 50.4 Å². The van der Waals surface area contributed by atoms with Gasteiger partial charge in [-0.05, 0) is 26.3 Å². The first-order valence-corrected chi connectivity index (χ1v) is 5.29. The zero-order chi connectivity index (χ0) is 10.4. The maximum absolute atomic E-state index is 10.9. The van der Waals surface area contributed by atoms with E-state index in [-0.39, 0.29) is 5.91 Å². The van der Waals surface area contributed by atoms with Gasteiger partial charge >= 0.3 is 0 Å². The summed E-state index contributed by atoms with van der Waals surface area (Å²) in [6.07, 6.45) is 2.89. The van der Waals surface area contributed by atoms with Crippen molar-refractivity contribution < 1.29 is 9.53 Å². The van der Waals surface area contributed by atoms with E-state index in [1.165, 1.54) is 0 Å². The third kappa shape index (κ3) is 3.64. The van der Waals surface area contributed by atoms with Crippen molar-refractivity contribution in [1.82, 2.24) is 10.6 Å². The molecule has 4 heteroatoms. The molecular formula is C10H20N2O2. The fraction of sp³-hybridized carbons (Fsp3) is 0.900. The SMILES string of the molecule is CNC(=O)CCCNC1CCOC1C. The lowest BCUT2D eigenvalue weighted by Gasteiger charge is -2.15. The summed E-state index contributed by atoms with van der Waals surface area (Å²) in [5.74, 6) is 0.113. The van der Waals surface area contributed by atoms with E-state index in [1.807, 2.05) is 0 Å². The third-order valence-corrected chi connectivity index (χ3v) is 2.64. The molecule has 2 atom stereocenters. The highest BCUT2D eigenvalue weighted by Gasteiger charge is 2.22. The normalized spacial score (nSPS) is 26.4. The molecule has 1 amide bonds. The standard InChI is InChI=1S/C10H20N2O2/c1-8-9(5-7-14-8)12-6-3-4-10(13)11-2/h8-9,12H,3-7H2,1-2H3,(H,11,13). The van der Waals surface area contributed by atoms with Crippen molar-refractivity contribution in [2.24, 2.45) is 0 Å². The molecular weight excluding hydrogens is 180 g/mol. The molecule has 1 aliphatic rings. The third-order valence-electron chi connectivity index (χ3n) is 2.64. The van der Waals surface area contributed by atoms with Gasteiger partial charge in [0.25, 0.3) is 0 Å². The van der Waals surface area contributed by atoms with Crippen LogP contribution in [0.4, 0.5) is 0 Å². The van der Waals surface area contributed by atoms with Gasteiger partial charge in [0, 0.05) is 26.1 Å². The Hall–Kier alpha value is -0.610. The van der Waals surface area contributed by atoms with Gasteiger partial charge in [-0.15, -0.1) is 0 Å². The molecule has 82 valence electrons. The predicted molar refractivity (Wildman–Crippen MR) is 55.1 cm³/mol. The van der Waals surface area contributed by atoms with Crippen LogP contribution in [0.15, 0.2) is 0 Å². The minimum absolute atomic E-state index is 0.113. The summed E-state index contributed by atoms with van der Waals surface area (Å²) >= 11 is 0. The molecule has 1 heterocycles. The van der Waals surface area contributed by atoms with Gasteiger partial charge in [0.1, 0.15) is 0 Å². The number of amides is 1. The Labute approximate surface area is 85.4 Å². The van der Waals surface area contributed by atoms with Crippen LogP contribution in [-0.2, 0) is 9.53 Å². The lowest BCUT2D eigenvalue weighted by atomic mass is 10.1. The molecule has 1 saturated heterocycles. The average molecular weight is 200 g/mol. The predicted octanol–water partition coefficient (Wildman–Crippen LogP) is 0.280. The van der Waals surface area contributed by atoms with E-state index in [2.05, 4.69) is 17.6 Å². The van der Waals surface area contributed by atoms with Crippen molar-refractivity contribution in [2.75, 3.05) is 20.2 Å². The number of hydrogen-bond donors (Lipinski definition) is 2. The van der Waals surface area contributed by atoms with Crippen LogP contribution < -0.4 is 10.6 Å². The molecule has 0 aliphatic carbocycles. The first-order valence-electron chi connectivity index (χ1n) is 5.29. The molecule has 0 aromatic heterocycles. The number of nitrogens with one attached hydrogen (secondary N) is 2. The number of rotatable bonds is 5. The van der Waals surface area contributed by atoms with Crippen LogP contribution in [0.3, 0.4) is 0 Å². The quantitative estimate of drug-likeness (QED) is 0.627. The van der Waals surface area contributed by atoms with Gasteiger partial charge in [-0.2, -0.15) is 0 Å². The molecule has 0 aromatic rings. The molecule has 14 heavy (non-hydrogen) atoms. The van der Waals surface area contributed by atoms with Gasteiger partial charge in [-0.3, -0.25) is 4.79 Å². The van der Waals surface area contributed by atoms with Crippen LogP contribution in [-0.4, -0.2) is 38.3 Å². The fourth-order valence-corrected chi connectivity index (χ4v) is 1.66. The summed E-state index contributed by atoms with van der Waals surface area (Å²) in [6.45, 7) is 3.84. The van der Waals surface area contributed by atoms with Crippen molar-refractivity contribution in [3.8, 4) is 0 Å². The Morgan fingerprint density at radius 3 is 2.93 bits per heavy atom. The molecule has 2 N–H and O–H groups in total. The number of hydrogen-bond acceptors (Lipinski definition) is 3. The van der Waals surface area contributed by atoms with Gasteiger partial charge in [-0.25, -0.2) is 0 Å². The van der Waals surface area contributed by atoms with Crippen molar-refractivity contribution in [1.29, 1.82) is 0 Å². The van der Waals surface area contributed by atoms with E-state index in [0.717, 1.165) is 26.0 Å². The molecule has 4 nitrogen and oxygen atoms in total. The molecule has 0 spiro atoms. The zero-order valence-electron chi connectivity index (χ0n) is 9.01. The largest absolute Gasteiger partial charge is 0.377 e. The van der Waals surface area contributed by atoms with E-state index in [9.17, 15) is 4.79 Å². The Kier molecular flexibility index (Phi) is 4.90. The highest BCUT2D eigenvalue weighted by molar-refractivity contribution is 5.75. The second-order valence-corrected chi connectivity index (χ2v) is 3.70. The average Bonchev–Trinajstić information content (AvgIpc) is 2.58. The van der Waals surface area contributed by atoms with Gasteiger partial charge in [0.2, 0.25) is 5.91 Å². The molecule has 0 radical (unpaired) electrons. The Morgan fingerprint density at radius 1 is 1.57 bits per heavy atom. The van der Waals surface area contributed by atoms with Crippen molar-refractivity contribution in [3.63, 3.8) is 0 Å². The minimum Gasteiger partial charge on any atom is -0.377 e. The summed E-state index contributed by atoms with van der Waals surface area (Å²) in [7, 11) is 1.67. The van der Waals surface area contributed by atoms with E-state index < -0.39 is 0 Å². The van der Waals surface area contributed by atoms with Crippen LogP contribution in [0, 0.1) is 0 Å².